The molecule has 0 saturated carbocycles. The van der Waals surface area contributed by atoms with E-state index in [2.05, 4.69) is 6.92 Å². The molecule has 7 heavy (non-hydrogen) atoms. The second-order valence-corrected chi connectivity index (χ2v) is 1.38. The maximum Gasteiger partial charge on any atom is 0.187 e. The summed E-state index contributed by atoms with van der Waals surface area (Å²) in [6.45, 7) is 7.25. The first-order valence-corrected chi connectivity index (χ1v) is 2.45. The second kappa shape index (κ2) is 9.55. The van der Waals surface area contributed by atoms with Crippen LogP contribution in [0.15, 0.2) is 6.08 Å². The van der Waals surface area contributed by atoms with Gasteiger partial charge in [-0.05, 0) is 6.42 Å². The lowest BCUT2D eigenvalue weighted by molar-refractivity contribution is 0.815. The first kappa shape index (κ1) is 10.3. The van der Waals surface area contributed by atoms with Gasteiger partial charge < -0.3 is 0 Å². The predicted octanol–water partition coefficient (Wildman–Crippen LogP) is 0.982. The average Bonchev–Trinajstić information content (AvgIpc) is 1.61. The first-order chi connectivity index (χ1) is 2.91. The maximum atomic E-state index is 5.09. The Balaban J connectivity index is 0. The number of hydrogen-bond acceptors (Lipinski definition) is 0. The lowest BCUT2D eigenvalue weighted by atomic mass is 10.3. The number of hydrogen-bond donors (Lipinski definition) is 0. The van der Waals surface area contributed by atoms with Crippen LogP contribution >= 0.6 is 0 Å². The molecule has 0 heterocycles. The van der Waals surface area contributed by atoms with Crippen LogP contribution in [0.25, 0.3) is 0 Å². The average molecular weight is 113 g/mol. The molecule has 0 spiro atoms. The topological polar surface area (TPSA) is 0 Å². The van der Waals surface area contributed by atoms with Crippen molar-refractivity contribution in [1.82, 2.24) is 0 Å². The van der Waals surface area contributed by atoms with E-state index < -0.39 is 0 Å². The van der Waals surface area contributed by atoms with Gasteiger partial charge in [-0.1, -0.05) is 32.4 Å². The van der Waals surface area contributed by atoms with E-state index in [1.807, 2.05) is 0 Å². The van der Waals surface area contributed by atoms with E-state index in [0.29, 0.717) is 0 Å². The Morgan fingerprint density at radius 3 is 2.29 bits per heavy atom. The Labute approximate surface area is 56.7 Å². The highest BCUT2D eigenvalue weighted by molar-refractivity contribution is 5.75. The van der Waals surface area contributed by atoms with Gasteiger partial charge in [-0.2, -0.15) is 0 Å². The van der Waals surface area contributed by atoms with Crippen molar-refractivity contribution in [3.05, 3.63) is 12.7 Å². The van der Waals surface area contributed by atoms with E-state index in [1.54, 1.807) is 6.08 Å². The number of allylic oxidation sites excluding steroid dienone is 1. The molecule has 0 atom stereocenters. The van der Waals surface area contributed by atoms with Gasteiger partial charge in [0.05, 0.1) is 0 Å². The Morgan fingerprint density at radius 1 is 1.57 bits per heavy atom. The Morgan fingerprint density at radius 2 is 2.14 bits per heavy atom. The molecule has 0 saturated heterocycles. The van der Waals surface area contributed by atoms with Crippen LogP contribution in [0.2, 0.25) is 0 Å². The molecule has 0 aromatic carbocycles. The van der Waals surface area contributed by atoms with Crippen LogP contribution in [-0.2, 0) is 0 Å². The van der Waals surface area contributed by atoms with E-state index in [0.717, 1.165) is 6.42 Å². The first-order valence-electron chi connectivity index (χ1n) is 2.45. The largest absolute Gasteiger partial charge is 0.187 e. The zero-order valence-electron chi connectivity index (χ0n) is 4.28. The Hall–Kier alpha value is 0.272. The molecule has 0 unspecified atom stereocenters. The summed E-state index contributed by atoms with van der Waals surface area (Å²) in [5.41, 5.74) is 0. The van der Waals surface area contributed by atoms with Crippen LogP contribution in [0.4, 0.5) is 0 Å². The van der Waals surface area contributed by atoms with Crippen molar-refractivity contribution in [2.45, 2.75) is 26.2 Å². The third kappa shape index (κ3) is 10.7. The normalized spacial score (nSPS) is 7.00. The van der Waals surface area contributed by atoms with E-state index in [9.17, 15) is 0 Å². The van der Waals surface area contributed by atoms with E-state index >= 15 is 0 Å². The van der Waals surface area contributed by atoms with Crippen molar-refractivity contribution in [3.63, 3.8) is 0 Å². The smallest absolute Gasteiger partial charge is 0.0845 e. The molecule has 0 N–H and O–H groups in total. The minimum absolute atomic E-state index is 0. The van der Waals surface area contributed by atoms with Crippen molar-refractivity contribution < 1.29 is 0 Å². The van der Waals surface area contributed by atoms with Gasteiger partial charge in [0.25, 0.3) is 0 Å². The van der Waals surface area contributed by atoms with Crippen LogP contribution in [0, 0.1) is 6.58 Å². The van der Waals surface area contributed by atoms with Crippen LogP contribution in [-0.4, -0.2) is 17.4 Å². The molecule has 0 nitrogen and oxygen atoms in total. The minimum Gasteiger partial charge on any atom is -0.0845 e. The van der Waals surface area contributed by atoms with Gasteiger partial charge in [0.1, 0.15) is 0 Å². The molecule has 41 valence electrons. The number of unbranched alkanes of at least 4 members (excludes halogenated alkanes) is 2. The standard InChI is InChI=1S/C6H11.Al.3H/c1-3-5-6-4-2;;;;/h1,3H,4-6H2,2H3;;;;. The fourth-order valence-corrected chi connectivity index (χ4v) is 0.322. The molecule has 0 bridgehead atoms. The van der Waals surface area contributed by atoms with E-state index in [-0.39, 0.29) is 17.4 Å². The van der Waals surface area contributed by atoms with Gasteiger partial charge in [0.15, 0.2) is 17.4 Å². The van der Waals surface area contributed by atoms with Crippen molar-refractivity contribution in [2.75, 3.05) is 0 Å². The molecule has 1 heteroatoms. The van der Waals surface area contributed by atoms with Crippen molar-refractivity contribution in [1.29, 1.82) is 0 Å². The third-order valence-electron chi connectivity index (χ3n) is 0.724. The lowest BCUT2D eigenvalue weighted by Gasteiger charge is -1.81. The van der Waals surface area contributed by atoms with Gasteiger partial charge >= 0.3 is 0 Å². The maximum absolute atomic E-state index is 5.09. The predicted molar refractivity (Wildman–Crippen MR) is 38.3 cm³/mol. The van der Waals surface area contributed by atoms with Gasteiger partial charge in [0, 0.05) is 0 Å². The lowest BCUT2D eigenvalue weighted by Crippen LogP contribution is -1.62. The fourth-order valence-electron chi connectivity index (χ4n) is 0.322. The Kier molecular flexibility index (Phi) is 14.0. The van der Waals surface area contributed by atoms with Crippen LogP contribution in [0.1, 0.15) is 26.2 Å². The van der Waals surface area contributed by atoms with Gasteiger partial charge in [-0.25, -0.2) is 0 Å². The van der Waals surface area contributed by atoms with Gasteiger partial charge in [-0.15, -0.1) is 0 Å². The second-order valence-electron chi connectivity index (χ2n) is 1.38. The molecule has 0 aromatic heterocycles. The van der Waals surface area contributed by atoms with Crippen molar-refractivity contribution >= 4 is 17.4 Å². The van der Waals surface area contributed by atoms with Crippen LogP contribution in [0.5, 0.6) is 0 Å². The highest BCUT2D eigenvalue weighted by atomic mass is 27.0. The molecule has 0 amide bonds. The molecular formula is C6H14Al. The summed E-state index contributed by atoms with van der Waals surface area (Å²) in [5.74, 6) is 0. The van der Waals surface area contributed by atoms with Crippen LogP contribution in [0.3, 0.4) is 0 Å². The van der Waals surface area contributed by atoms with Crippen LogP contribution < -0.4 is 0 Å². The summed E-state index contributed by atoms with van der Waals surface area (Å²) in [6, 6.07) is 0. The van der Waals surface area contributed by atoms with Gasteiger partial charge in [0.2, 0.25) is 0 Å². The molecule has 0 fully saturated rings. The number of rotatable bonds is 3. The summed E-state index contributed by atoms with van der Waals surface area (Å²) in [6.07, 6.45) is 5.25. The van der Waals surface area contributed by atoms with Gasteiger partial charge in [-0.3, -0.25) is 0 Å². The monoisotopic (exact) mass is 113 g/mol. The van der Waals surface area contributed by atoms with Crippen molar-refractivity contribution in [3.8, 4) is 0 Å². The van der Waals surface area contributed by atoms with E-state index in [1.165, 1.54) is 12.8 Å². The molecule has 0 aliphatic heterocycles. The Bertz CT molecular complexity index is 33.2. The third-order valence-corrected chi connectivity index (χ3v) is 0.724. The highest BCUT2D eigenvalue weighted by Crippen LogP contribution is 1.91. The molecule has 0 aromatic rings. The molecule has 0 aliphatic rings. The quantitative estimate of drug-likeness (QED) is 0.378. The summed E-state index contributed by atoms with van der Waals surface area (Å²) < 4.78 is 0. The van der Waals surface area contributed by atoms with E-state index in [4.69, 9.17) is 6.58 Å². The van der Waals surface area contributed by atoms with Crippen molar-refractivity contribution in [2.24, 2.45) is 0 Å². The summed E-state index contributed by atoms with van der Waals surface area (Å²) >= 11 is 0. The zero-order chi connectivity index (χ0) is 4.83. The summed E-state index contributed by atoms with van der Waals surface area (Å²) in [7, 11) is 0. The SMILES string of the molecule is [AlH3].[CH]=CCCCC. The summed E-state index contributed by atoms with van der Waals surface area (Å²) in [5, 5.41) is 0. The minimum atomic E-state index is 0. The summed E-state index contributed by atoms with van der Waals surface area (Å²) in [4.78, 5) is 0. The molecular weight excluding hydrogens is 99.0 g/mol. The molecule has 1 radical (unpaired) electrons. The fraction of sp³-hybridized carbons (Fsp3) is 0.667. The molecule has 0 aliphatic carbocycles. The zero-order valence-corrected chi connectivity index (χ0v) is 4.28. The highest BCUT2D eigenvalue weighted by Gasteiger charge is 1.71. The molecule has 0 rings (SSSR count).